The van der Waals surface area contributed by atoms with Crippen LogP contribution in [0.1, 0.15) is 18.4 Å². The molecule has 2 heteroatoms. The molecule has 1 aromatic rings. The molecule has 2 bridgehead atoms. The molecule has 2 fully saturated rings. The minimum absolute atomic E-state index is 0.751. The first-order valence-corrected chi connectivity index (χ1v) is 6.68. The van der Waals surface area contributed by atoms with Gasteiger partial charge >= 0.3 is 0 Å². The Morgan fingerprint density at radius 1 is 1.20 bits per heavy atom. The number of hydrogen-bond donors (Lipinski definition) is 0. The lowest BCUT2D eigenvalue weighted by molar-refractivity contribution is 0.206. The van der Waals surface area contributed by atoms with Crippen molar-refractivity contribution in [2.24, 2.45) is 5.92 Å². The topological polar surface area (TPSA) is 3.24 Å². The van der Waals surface area contributed by atoms with Crippen LogP contribution < -0.4 is 0 Å². The maximum Gasteiger partial charge on any atom is 0.0342 e. The van der Waals surface area contributed by atoms with Crippen LogP contribution in [-0.2, 0) is 6.54 Å². The zero-order valence-corrected chi connectivity index (χ0v) is 10.4. The predicted octanol–water partition coefficient (Wildman–Crippen LogP) is 3.04. The molecule has 1 aliphatic carbocycles. The summed E-state index contributed by atoms with van der Waals surface area (Å²) < 4.78 is 0. The van der Waals surface area contributed by atoms with Crippen molar-refractivity contribution in [1.29, 1.82) is 0 Å². The van der Waals surface area contributed by atoms with Gasteiger partial charge in [0.15, 0.2) is 0 Å². The Balaban J connectivity index is 1.71. The highest BCUT2D eigenvalue weighted by atomic mass is 79.9. The smallest absolute Gasteiger partial charge is 0.0342 e. The van der Waals surface area contributed by atoms with Crippen molar-refractivity contribution >= 4 is 15.9 Å². The van der Waals surface area contributed by atoms with E-state index in [9.17, 15) is 0 Å². The summed E-state index contributed by atoms with van der Waals surface area (Å²) in [6.07, 6.45) is 2.80. The van der Waals surface area contributed by atoms with E-state index in [2.05, 4.69) is 51.2 Å². The van der Waals surface area contributed by atoms with Crippen molar-refractivity contribution in [1.82, 2.24) is 4.90 Å². The van der Waals surface area contributed by atoms with Gasteiger partial charge < -0.3 is 0 Å². The van der Waals surface area contributed by atoms with Crippen LogP contribution in [-0.4, -0.2) is 22.3 Å². The number of benzene rings is 1. The number of alkyl halides is 1. The van der Waals surface area contributed by atoms with E-state index in [0.717, 1.165) is 23.3 Å². The zero-order chi connectivity index (χ0) is 10.3. The summed E-state index contributed by atoms with van der Waals surface area (Å²) >= 11 is 3.84. The van der Waals surface area contributed by atoms with Crippen LogP contribution in [0, 0.1) is 5.92 Å². The van der Waals surface area contributed by atoms with E-state index < -0.39 is 0 Å². The summed E-state index contributed by atoms with van der Waals surface area (Å²) in [5.74, 6) is 0.902. The van der Waals surface area contributed by atoms with E-state index in [4.69, 9.17) is 0 Å². The molecule has 15 heavy (non-hydrogen) atoms. The third-order valence-electron chi connectivity index (χ3n) is 3.82. The maximum atomic E-state index is 3.84. The summed E-state index contributed by atoms with van der Waals surface area (Å²) in [4.78, 5) is 3.39. The number of rotatable bonds is 2. The number of likely N-dealkylation sites (tertiary alicyclic amines) is 1. The average Bonchev–Trinajstić information content (AvgIpc) is 2.75. The van der Waals surface area contributed by atoms with Crippen LogP contribution in [0.5, 0.6) is 0 Å². The molecule has 0 spiro atoms. The molecule has 1 nitrogen and oxygen atoms in total. The van der Waals surface area contributed by atoms with Crippen LogP contribution >= 0.6 is 15.9 Å². The van der Waals surface area contributed by atoms with Gasteiger partial charge in [-0.25, -0.2) is 0 Å². The van der Waals surface area contributed by atoms with Crippen molar-refractivity contribution in [2.45, 2.75) is 30.3 Å². The van der Waals surface area contributed by atoms with Gasteiger partial charge in [-0.05, 0) is 24.3 Å². The molecule has 3 rings (SSSR count). The Morgan fingerprint density at radius 2 is 2.00 bits per heavy atom. The molecule has 0 radical (unpaired) electrons. The Hall–Kier alpha value is -0.340. The van der Waals surface area contributed by atoms with Crippen molar-refractivity contribution in [2.75, 3.05) is 6.54 Å². The van der Waals surface area contributed by atoms with Crippen LogP contribution in [0.3, 0.4) is 0 Å². The van der Waals surface area contributed by atoms with E-state index >= 15 is 0 Å². The minimum atomic E-state index is 0.751. The van der Waals surface area contributed by atoms with Crippen LogP contribution in [0.4, 0.5) is 0 Å². The first kappa shape index (κ1) is 9.86. The molecule has 1 aliphatic heterocycles. The molecule has 1 heterocycles. The Bertz CT molecular complexity index is 338. The van der Waals surface area contributed by atoms with Gasteiger partial charge in [-0.3, -0.25) is 4.90 Å². The highest BCUT2D eigenvalue weighted by Gasteiger charge is 2.44. The summed E-state index contributed by atoms with van der Waals surface area (Å²) in [7, 11) is 0. The Morgan fingerprint density at radius 3 is 2.60 bits per heavy atom. The second-order valence-corrected chi connectivity index (χ2v) is 5.82. The van der Waals surface area contributed by atoms with Gasteiger partial charge in [0.25, 0.3) is 0 Å². The summed E-state index contributed by atoms with van der Waals surface area (Å²) in [5, 5.41) is 0. The standard InChI is InChI=1S/C13H16BrN/c14-13-11-6-7-12(13)15(9-11)8-10-4-2-1-3-5-10/h1-5,11-13H,6-9H2/t11-,12-,13?/m1/s1. The number of nitrogens with zero attached hydrogens (tertiary/aromatic N) is 1. The van der Waals surface area contributed by atoms with Gasteiger partial charge in [-0.2, -0.15) is 0 Å². The van der Waals surface area contributed by atoms with E-state index in [0.29, 0.717) is 0 Å². The number of fused-ring (bicyclic) bond motifs is 2. The first-order chi connectivity index (χ1) is 7.34. The van der Waals surface area contributed by atoms with Gasteiger partial charge in [0, 0.05) is 24.0 Å². The van der Waals surface area contributed by atoms with E-state index in [1.807, 2.05) is 0 Å². The normalized spacial score (nSPS) is 34.9. The lowest BCUT2D eigenvalue weighted by Gasteiger charge is -2.26. The highest BCUT2D eigenvalue weighted by Crippen LogP contribution is 2.42. The molecule has 80 valence electrons. The largest absolute Gasteiger partial charge is 0.295 e. The van der Waals surface area contributed by atoms with Gasteiger partial charge in [0.2, 0.25) is 0 Å². The van der Waals surface area contributed by atoms with E-state index in [1.165, 1.54) is 24.9 Å². The monoisotopic (exact) mass is 265 g/mol. The summed E-state index contributed by atoms with van der Waals surface area (Å²) in [6.45, 7) is 2.42. The molecule has 0 N–H and O–H groups in total. The molecule has 3 atom stereocenters. The van der Waals surface area contributed by atoms with Gasteiger partial charge in [0.1, 0.15) is 0 Å². The molecule has 1 aromatic carbocycles. The van der Waals surface area contributed by atoms with E-state index in [-0.39, 0.29) is 0 Å². The minimum Gasteiger partial charge on any atom is -0.295 e. The Kier molecular flexibility index (Phi) is 2.57. The fourth-order valence-corrected chi connectivity index (χ4v) is 4.06. The van der Waals surface area contributed by atoms with Crippen LogP contribution in [0.25, 0.3) is 0 Å². The zero-order valence-electron chi connectivity index (χ0n) is 8.77. The molecular formula is C13H16BrN. The molecular weight excluding hydrogens is 250 g/mol. The molecule has 2 aliphatic rings. The predicted molar refractivity (Wildman–Crippen MR) is 66.1 cm³/mol. The second-order valence-electron chi connectivity index (χ2n) is 4.76. The SMILES string of the molecule is BrC1[C@@H]2CC[C@H]1N(Cc1ccccc1)C2. The highest BCUT2D eigenvalue weighted by molar-refractivity contribution is 9.09. The van der Waals surface area contributed by atoms with Crippen molar-refractivity contribution in [3.05, 3.63) is 35.9 Å². The fourth-order valence-electron chi connectivity index (χ4n) is 3.03. The number of piperidine rings is 1. The average molecular weight is 266 g/mol. The molecule has 0 amide bonds. The third-order valence-corrected chi connectivity index (χ3v) is 5.18. The molecule has 0 aromatic heterocycles. The van der Waals surface area contributed by atoms with E-state index in [1.54, 1.807) is 0 Å². The second kappa shape index (κ2) is 3.91. The molecule has 1 saturated carbocycles. The summed E-state index contributed by atoms with van der Waals surface area (Å²) in [5.41, 5.74) is 1.45. The van der Waals surface area contributed by atoms with Gasteiger partial charge in [0.05, 0.1) is 0 Å². The van der Waals surface area contributed by atoms with Gasteiger partial charge in [-0.1, -0.05) is 46.3 Å². The molecule has 1 unspecified atom stereocenters. The van der Waals surface area contributed by atoms with Crippen molar-refractivity contribution < 1.29 is 0 Å². The summed E-state index contributed by atoms with van der Waals surface area (Å²) in [6, 6.07) is 11.6. The van der Waals surface area contributed by atoms with Crippen LogP contribution in [0.2, 0.25) is 0 Å². The quantitative estimate of drug-likeness (QED) is 0.744. The maximum absolute atomic E-state index is 3.84. The lowest BCUT2D eigenvalue weighted by Crippen LogP contribution is -2.32. The third kappa shape index (κ3) is 1.74. The van der Waals surface area contributed by atoms with Crippen molar-refractivity contribution in [3.63, 3.8) is 0 Å². The van der Waals surface area contributed by atoms with Crippen molar-refractivity contribution in [3.8, 4) is 0 Å². The lowest BCUT2D eigenvalue weighted by atomic mass is 10.1. The molecule has 1 saturated heterocycles. The number of halogens is 1. The van der Waals surface area contributed by atoms with Crippen LogP contribution in [0.15, 0.2) is 30.3 Å². The van der Waals surface area contributed by atoms with Gasteiger partial charge in [-0.15, -0.1) is 0 Å². The first-order valence-electron chi connectivity index (χ1n) is 5.76. The fraction of sp³-hybridized carbons (Fsp3) is 0.538. The Labute approximate surface area is 99.6 Å². The number of hydrogen-bond acceptors (Lipinski definition) is 1.